The Morgan fingerprint density at radius 2 is 2.16 bits per heavy atom. The van der Waals surface area contributed by atoms with E-state index < -0.39 is 10.0 Å². The first kappa shape index (κ1) is 14.6. The fraction of sp³-hybridized carbons (Fsp3) is 0.692. The zero-order valence-corrected chi connectivity index (χ0v) is 12.5. The standard InChI is InChI=1S/C13H23N3O2S/c1-3-7-16-10-13(8-12(16)9-14-2)19(17,18)15-11-5-4-6-11/h8,10-11,14-15H,3-7,9H2,1-2H3. The van der Waals surface area contributed by atoms with Crippen molar-refractivity contribution in [2.24, 2.45) is 0 Å². The lowest BCUT2D eigenvalue weighted by atomic mass is 9.94. The van der Waals surface area contributed by atoms with Gasteiger partial charge < -0.3 is 9.88 Å². The summed E-state index contributed by atoms with van der Waals surface area (Å²) in [7, 11) is -1.49. The van der Waals surface area contributed by atoms with Crippen molar-refractivity contribution < 1.29 is 8.42 Å². The number of rotatable bonds is 7. The maximum atomic E-state index is 12.3. The molecule has 2 rings (SSSR count). The molecule has 1 aromatic heterocycles. The van der Waals surface area contributed by atoms with Crippen LogP contribution in [0.5, 0.6) is 0 Å². The summed E-state index contributed by atoms with van der Waals surface area (Å²) in [4.78, 5) is 0.387. The maximum Gasteiger partial charge on any atom is 0.242 e. The number of sulfonamides is 1. The van der Waals surface area contributed by atoms with Gasteiger partial charge in [-0.05, 0) is 32.4 Å². The van der Waals surface area contributed by atoms with E-state index in [0.717, 1.165) is 37.9 Å². The molecule has 1 heterocycles. The van der Waals surface area contributed by atoms with E-state index in [-0.39, 0.29) is 6.04 Å². The zero-order chi connectivity index (χ0) is 13.9. The Labute approximate surface area is 115 Å². The van der Waals surface area contributed by atoms with Gasteiger partial charge in [0.05, 0.1) is 4.90 Å². The molecule has 1 aliphatic rings. The molecule has 1 aliphatic carbocycles. The lowest BCUT2D eigenvalue weighted by molar-refractivity contribution is 0.383. The zero-order valence-electron chi connectivity index (χ0n) is 11.6. The van der Waals surface area contributed by atoms with Gasteiger partial charge in [0.15, 0.2) is 0 Å². The van der Waals surface area contributed by atoms with Crippen LogP contribution in [-0.4, -0.2) is 26.1 Å². The topological polar surface area (TPSA) is 63.1 Å². The monoisotopic (exact) mass is 285 g/mol. The van der Waals surface area contributed by atoms with Crippen LogP contribution in [0.25, 0.3) is 0 Å². The molecule has 0 aliphatic heterocycles. The Kier molecular flexibility index (Phi) is 4.65. The third-order valence-electron chi connectivity index (χ3n) is 3.52. The second kappa shape index (κ2) is 6.07. The molecular formula is C13H23N3O2S. The molecule has 0 amide bonds. The van der Waals surface area contributed by atoms with Gasteiger partial charge in [0.25, 0.3) is 0 Å². The van der Waals surface area contributed by atoms with Crippen LogP contribution >= 0.6 is 0 Å². The summed E-state index contributed by atoms with van der Waals surface area (Å²) in [5.74, 6) is 0. The highest BCUT2D eigenvalue weighted by molar-refractivity contribution is 7.89. The van der Waals surface area contributed by atoms with E-state index >= 15 is 0 Å². The van der Waals surface area contributed by atoms with Crippen LogP contribution < -0.4 is 10.0 Å². The SMILES string of the molecule is CCCn1cc(S(=O)(=O)NC2CCC2)cc1CNC. The molecule has 0 atom stereocenters. The van der Waals surface area contributed by atoms with Crippen LogP contribution in [0, 0.1) is 0 Å². The summed E-state index contributed by atoms with van der Waals surface area (Å²) < 4.78 is 29.3. The summed E-state index contributed by atoms with van der Waals surface area (Å²) in [5, 5.41) is 3.07. The predicted molar refractivity (Wildman–Crippen MR) is 75.4 cm³/mol. The third kappa shape index (κ3) is 3.38. The van der Waals surface area contributed by atoms with E-state index in [1.807, 2.05) is 11.6 Å². The lowest BCUT2D eigenvalue weighted by Crippen LogP contribution is -2.39. The Morgan fingerprint density at radius 3 is 2.68 bits per heavy atom. The van der Waals surface area contributed by atoms with E-state index in [4.69, 9.17) is 0 Å². The highest BCUT2D eigenvalue weighted by Gasteiger charge is 2.26. The van der Waals surface area contributed by atoms with Gasteiger partial charge in [-0.15, -0.1) is 0 Å². The fourth-order valence-corrected chi connectivity index (χ4v) is 3.63. The Morgan fingerprint density at radius 1 is 1.42 bits per heavy atom. The van der Waals surface area contributed by atoms with Crippen molar-refractivity contribution in [3.8, 4) is 0 Å². The number of aryl methyl sites for hydroxylation is 1. The number of hydrogen-bond donors (Lipinski definition) is 2. The number of hydrogen-bond acceptors (Lipinski definition) is 3. The molecule has 1 fully saturated rings. The molecule has 19 heavy (non-hydrogen) atoms. The molecular weight excluding hydrogens is 262 g/mol. The minimum absolute atomic E-state index is 0.132. The van der Waals surface area contributed by atoms with Gasteiger partial charge in [-0.2, -0.15) is 0 Å². The van der Waals surface area contributed by atoms with Crippen molar-refractivity contribution in [2.75, 3.05) is 7.05 Å². The van der Waals surface area contributed by atoms with E-state index in [1.165, 1.54) is 0 Å². The van der Waals surface area contributed by atoms with Crippen LogP contribution in [0.3, 0.4) is 0 Å². The largest absolute Gasteiger partial charge is 0.349 e. The first-order valence-electron chi connectivity index (χ1n) is 6.93. The van der Waals surface area contributed by atoms with E-state index in [9.17, 15) is 8.42 Å². The van der Waals surface area contributed by atoms with E-state index in [0.29, 0.717) is 11.4 Å². The molecule has 5 nitrogen and oxygen atoms in total. The minimum atomic E-state index is -3.36. The van der Waals surface area contributed by atoms with Crippen LogP contribution in [0.15, 0.2) is 17.2 Å². The predicted octanol–water partition coefficient (Wildman–Crippen LogP) is 1.45. The highest BCUT2D eigenvalue weighted by Crippen LogP contribution is 2.22. The van der Waals surface area contributed by atoms with Crippen LogP contribution in [0.1, 0.15) is 38.3 Å². The van der Waals surface area contributed by atoms with Crippen molar-refractivity contribution in [2.45, 2.75) is 56.6 Å². The van der Waals surface area contributed by atoms with Gasteiger partial charge >= 0.3 is 0 Å². The summed E-state index contributed by atoms with van der Waals surface area (Å²) in [6, 6.07) is 1.90. The fourth-order valence-electron chi connectivity index (χ4n) is 2.26. The first-order valence-corrected chi connectivity index (χ1v) is 8.41. The van der Waals surface area contributed by atoms with Crippen molar-refractivity contribution in [1.29, 1.82) is 0 Å². The molecule has 0 radical (unpaired) electrons. The number of nitrogens with one attached hydrogen (secondary N) is 2. The Bertz CT molecular complexity index is 494. The van der Waals surface area contributed by atoms with Crippen LogP contribution in [-0.2, 0) is 23.1 Å². The summed E-state index contributed by atoms with van der Waals surface area (Å²) in [6.45, 7) is 3.61. The molecule has 6 heteroatoms. The smallest absolute Gasteiger partial charge is 0.242 e. The molecule has 0 saturated heterocycles. The van der Waals surface area contributed by atoms with Crippen molar-refractivity contribution in [3.63, 3.8) is 0 Å². The average Bonchev–Trinajstić information content (AvgIpc) is 2.70. The van der Waals surface area contributed by atoms with Gasteiger partial charge in [0.1, 0.15) is 0 Å². The normalized spacial score (nSPS) is 16.5. The summed E-state index contributed by atoms with van der Waals surface area (Å²) >= 11 is 0. The molecule has 108 valence electrons. The quantitative estimate of drug-likeness (QED) is 0.797. The average molecular weight is 285 g/mol. The maximum absolute atomic E-state index is 12.3. The first-order chi connectivity index (χ1) is 9.06. The molecule has 0 aromatic carbocycles. The Hall–Kier alpha value is -0.850. The minimum Gasteiger partial charge on any atom is -0.349 e. The Balaban J connectivity index is 2.20. The molecule has 1 aromatic rings. The highest BCUT2D eigenvalue weighted by atomic mass is 32.2. The van der Waals surface area contributed by atoms with Crippen molar-refractivity contribution in [3.05, 3.63) is 18.0 Å². The molecule has 1 saturated carbocycles. The van der Waals surface area contributed by atoms with Gasteiger partial charge in [0.2, 0.25) is 10.0 Å². The van der Waals surface area contributed by atoms with Gasteiger partial charge in [0, 0.05) is 31.0 Å². The summed E-state index contributed by atoms with van der Waals surface area (Å²) in [6.07, 6.45) is 5.77. The van der Waals surface area contributed by atoms with E-state index in [1.54, 1.807) is 12.3 Å². The van der Waals surface area contributed by atoms with Gasteiger partial charge in [-0.25, -0.2) is 13.1 Å². The number of aromatic nitrogens is 1. The van der Waals surface area contributed by atoms with Crippen LogP contribution in [0.2, 0.25) is 0 Å². The molecule has 0 unspecified atom stereocenters. The lowest BCUT2D eigenvalue weighted by Gasteiger charge is -2.25. The van der Waals surface area contributed by atoms with Crippen LogP contribution in [0.4, 0.5) is 0 Å². The van der Waals surface area contributed by atoms with Crippen molar-refractivity contribution >= 4 is 10.0 Å². The van der Waals surface area contributed by atoms with Gasteiger partial charge in [-0.1, -0.05) is 13.3 Å². The molecule has 2 N–H and O–H groups in total. The summed E-state index contributed by atoms with van der Waals surface area (Å²) in [5.41, 5.74) is 1.01. The number of nitrogens with zero attached hydrogens (tertiary/aromatic N) is 1. The second-order valence-electron chi connectivity index (χ2n) is 5.14. The van der Waals surface area contributed by atoms with E-state index in [2.05, 4.69) is 17.0 Å². The van der Waals surface area contributed by atoms with Crippen molar-refractivity contribution in [1.82, 2.24) is 14.6 Å². The third-order valence-corrected chi connectivity index (χ3v) is 5.01. The van der Waals surface area contributed by atoms with Gasteiger partial charge in [-0.3, -0.25) is 0 Å². The molecule has 0 spiro atoms. The molecule has 0 bridgehead atoms. The second-order valence-corrected chi connectivity index (χ2v) is 6.85.